The van der Waals surface area contributed by atoms with Crippen molar-refractivity contribution in [3.63, 3.8) is 0 Å². The summed E-state index contributed by atoms with van der Waals surface area (Å²) in [5, 5.41) is 1.11. The minimum Gasteiger partial charge on any atom is -0.304 e. The van der Waals surface area contributed by atoms with E-state index in [-0.39, 0.29) is 23.5 Å². The molecule has 3 aromatic rings. The Bertz CT molecular complexity index is 1230. The van der Waals surface area contributed by atoms with Crippen molar-refractivity contribution < 1.29 is 17.2 Å². The van der Waals surface area contributed by atoms with Gasteiger partial charge in [-0.05, 0) is 43.4 Å². The molecule has 1 fully saturated rings. The first-order valence-electron chi connectivity index (χ1n) is 10.8. The number of hydrogen-bond donors (Lipinski definition) is 0. The highest BCUT2D eigenvalue weighted by atomic mass is 35.5. The first-order valence-corrected chi connectivity index (χ1v) is 13.4. The van der Waals surface area contributed by atoms with Crippen molar-refractivity contribution in [2.45, 2.75) is 17.9 Å². The third-order valence-electron chi connectivity index (χ3n) is 5.68. The molecule has 0 atom stereocenters. The van der Waals surface area contributed by atoms with Crippen molar-refractivity contribution >= 4 is 38.6 Å². The van der Waals surface area contributed by atoms with Gasteiger partial charge in [-0.15, -0.1) is 11.3 Å². The zero-order valence-corrected chi connectivity index (χ0v) is 21.0. The Kier molecular flexibility index (Phi) is 7.83. The maximum atomic E-state index is 14.6. The highest BCUT2D eigenvalue weighted by Gasteiger charge is 2.28. The van der Waals surface area contributed by atoms with Gasteiger partial charge in [0.15, 0.2) is 0 Å². The van der Waals surface area contributed by atoms with Crippen LogP contribution in [0.5, 0.6) is 0 Å². The molecule has 0 amide bonds. The molecule has 1 aliphatic rings. The molecule has 1 saturated heterocycles. The average molecular weight is 527 g/mol. The van der Waals surface area contributed by atoms with Crippen LogP contribution in [0.25, 0.3) is 0 Å². The number of halogens is 3. The smallest absolute Gasteiger partial charge is 0.264 e. The van der Waals surface area contributed by atoms with Crippen molar-refractivity contribution in [3.05, 3.63) is 75.2 Å². The van der Waals surface area contributed by atoms with Crippen LogP contribution in [0.1, 0.15) is 9.88 Å². The van der Waals surface area contributed by atoms with E-state index in [2.05, 4.69) is 21.8 Å². The van der Waals surface area contributed by atoms with E-state index in [0.29, 0.717) is 5.02 Å². The molecule has 0 bridgehead atoms. The summed E-state index contributed by atoms with van der Waals surface area (Å²) < 4.78 is 56.3. The molecule has 0 unspecified atom stereocenters. The maximum absolute atomic E-state index is 14.6. The molecular weight excluding hydrogens is 502 g/mol. The summed E-state index contributed by atoms with van der Waals surface area (Å²) in [6.45, 7) is 4.69. The topological polar surface area (TPSA) is 56.8 Å². The summed E-state index contributed by atoms with van der Waals surface area (Å²) in [6.07, 6.45) is 2.06. The van der Waals surface area contributed by atoms with Gasteiger partial charge in [0, 0.05) is 67.9 Å². The van der Waals surface area contributed by atoms with Crippen LogP contribution in [0.3, 0.4) is 0 Å². The number of aromatic nitrogens is 1. The quantitative estimate of drug-likeness (QED) is 0.439. The van der Waals surface area contributed by atoms with Crippen LogP contribution in [0.15, 0.2) is 53.6 Å². The van der Waals surface area contributed by atoms with E-state index in [9.17, 15) is 17.2 Å². The Morgan fingerprint density at radius 2 is 1.79 bits per heavy atom. The molecular formula is C23H25ClF2N4O2S2. The van der Waals surface area contributed by atoms with E-state index in [1.807, 2.05) is 0 Å². The molecule has 0 aliphatic carbocycles. The lowest BCUT2D eigenvalue weighted by atomic mass is 10.3. The van der Waals surface area contributed by atoms with Gasteiger partial charge in [-0.25, -0.2) is 22.2 Å². The van der Waals surface area contributed by atoms with E-state index in [1.54, 1.807) is 6.20 Å². The van der Waals surface area contributed by atoms with E-state index >= 15 is 0 Å². The minimum atomic E-state index is -4.17. The summed E-state index contributed by atoms with van der Waals surface area (Å²) in [7, 11) is -2.06. The predicted molar refractivity (Wildman–Crippen MR) is 131 cm³/mol. The summed E-state index contributed by atoms with van der Waals surface area (Å²) >= 11 is 7.40. The van der Waals surface area contributed by atoms with Gasteiger partial charge in [-0.1, -0.05) is 11.6 Å². The number of piperazine rings is 1. The average Bonchev–Trinajstić information content (AvgIpc) is 3.25. The van der Waals surface area contributed by atoms with Crippen LogP contribution in [0, 0.1) is 11.6 Å². The molecule has 0 spiro atoms. The zero-order valence-electron chi connectivity index (χ0n) is 18.6. The van der Waals surface area contributed by atoms with Crippen molar-refractivity contribution in [2.24, 2.45) is 0 Å². The highest BCUT2D eigenvalue weighted by molar-refractivity contribution is 7.92. The predicted octanol–water partition coefficient (Wildman–Crippen LogP) is 4.26. The van der Waals surface area contributed by atoms with Crippen LogP contribution in [0.4, 0.5) is 14.5 Å². The molecule has 1 aliphatic heterocycles. The lowest BCUT2D eigenvalue weighted by molar-refractivity contribution is 0.149. The van der Waals surface area contributed by atoms with Crippen LogP contribution in [0.2, 0.25) is 5.02 Å². The summed E-state index contributed by atoms with van der Waals surface area (Å²) in [5.41, 5.74) is -0.343. The maximum Gasteiger partial charge on any atom is 0.264 e. The number of nitrogens with zero attached hydrogens (tertiary/aromatic N) is 4. The molecule has 2 aromatic carbocycles. The number of thiazole rings is 1. The second-order valence-electron chi connectivity index (χ2n) is 8.18. The molecule has 0 N–H and O–H groups in total. The van der Waals surface area contributed by atoms with Gasteiger partial charge in [0.05, 0.1) is 15.6 Å². The van der Waals surface area contributed by atoms with Crippen molar-refractivity contribution in [1.29, 1.82) is 0 Å². The molecule has 4 rings (SSSR count). The van der Waals surface area contributed by atoms with Crippen molar-refractivity contribution in [1.82, 2.24) is 14.8 Å². The molecule has 34 heavy (non-hydrogen) atoms. The molecule has 6 nitrogen and oxygen atoms in total. The summed E-state index contributed by atoms with van der Waals surface area (Å²) in [4.78, 5) is 10.1. The fourth-order valence-electron chi connectivity index (χ4n) is 3.74. The van der Waals surface area contributed by atoms with Crippen molar-refractivity contribution in [3.8, 4) is 0 Å². The van der Waals surface area contributed by atoms with E-state index < -0.39 is 21.7 Å². The van der Waals surface area contributed by atoms with Gasteiger partial charge in [0.25, 0.3) is 10.0 Å². The van der Waals surface area contributed by atoms with Gasteiger partial charge in [-0.3, -0.25) is 9.21 Å². The van der Waals surface area contributed by atoms with Gasteiger partial charge >= 0.3 is 0 Å². The van der Waals surface area contributed by atoms with Crippen molar-refractivity contribution in [2.75, 3.05) is 44.1 Å². The van der Waals surface area contributed by atoms with Crippen LogP contribution in [-0.4, -0.2) is 63.0 Å². The molecule has 0 saturated carbocycles. The summed E-state index contributed by atoms with van der Waals surface area (Å²) in [6, 6.07) is 8.35. The fraction of sp³-hybridized carbons (Fsp3) is 0.348. The lowest BCUT2D eigenvalue weighted by Gasteiger charge is -2.31. The molecule has 182 valence electrons. The van der Waals surface area contributed by atoms with Gasteiger partial charge in [-0.2, -0.15) is 0 Å². The van der Waals surface area contributed by atoms with E-state index in [0.717, 1.165) is 65.1 Å². The second-order valence-corrected chi connectivity index (χ2v) is 11.7. The minimum absolute atomic E-state index is 0.0598. The number of sulfonamides is 1. The Morgan fingerprint density at radius 1 is 1.09 bits per heavy atom. The van der Waals surface area contributed by atoms with E-state index in [1.165, 1.54) is 35.6 Å². The van der Waals surface area contributed by atoms with E-state index in [4.69, 9.17) is 11.6 Å². The zero-order chi connectivity index (χ0) is 24.3. The van der Waals surface area contributed by atoms with Crippen LogP contribution in [-0.2, 0) is 23.0 Å². The summed E-state index contributed by atoms with van der Waals surface area (Å²) in [5.74, 6) is -1.55. The highest BCUT2D eigenvalue weighted by Crippen LogP contribution is 2.29. The molecule has 0 radical (unpaired) electrons. The van der Waals surface area contributed by atoms with Gasteiger partial charge in [0.1, 0.15) is 11.6 Å². The van der Waals surface area contributed by atoms with Crippen LogP contribution >= 0.6 is 22.9 Å². The largest absolute Gasteiger partial charge is 0.304 e. The van der Waals surface area contributed by atoms with Gasteiger partial charge < -0.3 is 4.90 Å². The molecule has 11 heteroatoms. The lowest BCUT2D eigenvalue weighted by Crippen LogP contribution is -2.43. The molecule has 1 aromatic heterocycles. The number of anilines is 1. The second kappa shape index (κ2) is 10.7. The normalized spacial score (nSPS) is 15.5. The Morgan fingerprint density at radius 3 is 2.50 bits per heavy atom. The standard InChI is InChI=1S/C23H25ClF2N4O2S2/c1-28-10-12-29(13-11-28)16-19-15-27-23(33-19)8-9-30(22-14-18(25)4-7-21(22)26)34(31,32)20-5-2-17(24)3-6-20/h2-7,14-15H,8-13,16H2,1H3. The first-order chi connectivity index (χ1) is 16.2. The fourth-order valence-corrected chi connectivity index (χ4v) is 6.29. The Labute approximate surface area is 207 Å². The number of benzene rings is 2. The Balaban J connectivity index is 1.54. The molecule has 2 heterocycles. The third kappa shape index (κ3) is 5.92. The number of rotatable bonds is 8. The number of likely N-dealkylation sites (N-methyl/N-ethyl adjacent to an activating group) is 1. The third-order valence-corrected chi connectivity index (χ3v) is 8.81. The van der Waals surface area contributed by atoms with Gasteiger partial charge in [0.2, 0.25) is 0 Å². The monoisotopic (exact) mass is 526 g/mol. The number of hydrogen-bond acceptors (Lipinski definition) is 6. The SMILES string of the molecule is CN1CCN(Cc2cnc(CCN(c3cc(F)ccc3F)S(=O)(=O)c3ccc(Cl)cc3)s2)CC1. The Hall–Kier alpha value is -2.11. The van der Waals surface area contributed by atoms with Crippen LogP contribution < -0.4 is 4.31 Å². The first kappa shape index (κ1) is 25.0.